The highest BCUT2D eigenvalue weighted by Crippen LogP contribution is 2.11. The minimum atomic E-state index is -0.806. The molecule has 0 saturated carbocycles. The molecule has 1 rings (SSSR count). The summed E-state index contributed by atoms with van der Waals surface area (Å²) in [5.41, 5.74) is 1.66. The number of rotatable bonds is 9. The normalized spacial score (nSPS) is 10.1. The molecule has 0 radical (unpaired) electrons. The fourth-order valence-electron chi connectivity index (χ4n) is 1.94. The molecule has 5 nitrogen and oxygen atoms in total. The molecule has 0 heterocycles. The van der Waals surface area contributed by atoms with E-state index in [0.29, 0.717) is 18.7 Å². The predicted molar refractivity (Wildman–Crippen MR) is 83.6 cm³/mol. The molecule has 0 fully saturated rings. The van der Waals surface area contributed by atoms with Gasteiger partial charge in [0.25, 0.3) is 0 Å². The first-order chi connectivity index (χ1) is 10.1. The van der Waals surface area contributed by atoms with Crippen LogP contribution in [0.3, 0.4) is 0 Å². The smallest absolute Gasteiger partial charge is 0.319 e. The Morgan fingerprint density at radius 1 is 1.10 bits per heavy atom. The second-order valence-corrected chi connectivity index (χ2v) is 5.03. The van der Waals surface area contributed by atoms with Gasteiger partial charge < -0.3 is 15.7 Å². The molecule has 3 N–H and O–H groups in total. The van der Waals surface area contributed by atoms with Gasteiger partial charge >= 0.3 is 12.0 Å². The van der Waals surface area contributed by atoms with Gasteiger partial charge in [-0.3, -0.25) is 4.79 Å². The molecule has 21 heavy (non-hydrogen) atoms. The van der Waals surface area contributed by atoms with E-state index < -0.39 is 5.97 Å². The van der Waals surface area contributed by atoms with E-state index in [2.05, 4.69) is 17.6 Å². The van der Waals surface area contributed by atoms with Gasteiger partial charge in [-0.2, -0.15) is 0 Å². The van der Waals surface area contributed by atoms with Crippen molar-refractivity contribution in [1.29, 1.82) is 0 Å². The van der Waals surface area contributed by atoms with Gasteiger partial charge in [-0.15, -0.1) is 0 Å². The summed E-state index contributed by atoms with van der Waals surface area (Å²) in [5, 5.41) is 14.2. The zero-order valence-electron chi connectivity index (χ0n) is 12.5. The number of anilines is 1. The maximum absolute atomic E-state index is 11.6. The third-order valence-corrected chi connectivity index (χ3v) is 3.16. The average molecular weight is 292 g/mol. The quantitative estimate of drug-likeness (QED) is 0.610. The van der Waals surface area contributed by atoms with Gasteiger partial charge in [0.1, 0.15) is 0 Å². The van der Waals surface area contributed by atoms with Gasteiger partial charge in [0, 0.05) is 18.7 Å². The van der Waals surface area contributed by atoms with Crippen LogP contribution in [0.15, 0.2) is 24.3 Å². The molecule has 1 aromatic rings. The molecular formula is C16H24N2O3. The Labute approximate surface area is 125 Å². The van der Waals surface area contributed by atoms with E-state index in [9.17, 15) is 9.59 Å². The van der Waals surface area contributed by atoms with Gasteiger partial charge in [0.2, 0.25) is 0 Å². The Kier molecular flexibility index (Phi) is 7.94. The second kappa shape index (κ2) is 9.80. The van der Waals surface area contributed by atoms with E-state index in [1.54, 1.807) is 12.1 Å². The van der Waals surface area contributed by atoms with Crippen molar-refractivity contribution in [2.24, 2.45) is 0 Å². The van der Waals surface area contributed by atoms with Crippen molar-refractivity contribution in [2.75, 3.05) is 11.9 Å². The van der Waals surface area contributed by atoms with E-state index in [4.69, 9.17) is 5.11 Å². The van der Waals surface area contributed by atoms with E-state index in [1.807, 2.05) is 12.1 Å². The van der Waals surface area contributed by atoms with E-state index >= 15 is 0 Å². The number of carbonyl (C=O) groups is 2. The lowest BCUT2D eigenvalue weighted by molar-refractivity contribution is -0.136. The third-order valence-electron chi connectivity index (χ3n) is 3.16. The number of carboxylic acids is 1. The molecule has 5 heteroatoms. The topological polar surface area (TPSA) is 78.4 Å². The number of hydrogen-bond acceptors (Lipinski definition) is 2. The number of carboxylic acid groups (broad SMARTS) is 1. The van der Waals surface area contributed by atoms with E-state index in [1.165, 1.54) is 12.8 Å². The Morgan fingerprint density at radius 2 is 1.81 bits per heavy atom. The summed E-state index contributed by atoms with van der Waals surface area (Å²) < 4.78 is 0. The first kappa shape index (κ1) is 17.0. The molecule has 0 unspecified atom stereocenters. The van der Waals surface area contributed by atoms with Crippen molar-refractivity contribution < 1.29 is 14.7 Å². The number of benzene rings is 1. The van der Waals surface area contributed by atoms with Crippen LogP contribution in [0.5, 0.6) is 0 Å². The van der Waals surface area contributed by atoms with Gasteiger partial charge in [-0.25, -0.2) is 4.79 Å². The lowest BCUT2D eigenvalue weighted by Gasteiger charge is -2.08. The van der Waals surface area contributed by atoms with Crippen LogP contribution in [0.2, 0.25) is 0 Å². The minimum Gasteiger partial charge on any atom is -0.481 e. The summed E-state index contributed by atoms with van der Waals surface area (Å²) >= 11 is 0. The molecule has 0 aliphatic heterocycles. The van der Waals surface area contributed by atoms with Crippen molar-refractivity contribution in [1.82, 2.24) is 5.32 Å². The molecule has 0 saturated heterocycles. The molecule has 0 bridgehead atoms. The van der Waals surface area contributed by atoms with Crippen LogP contribution in [-0.2, 0) is 11.2 Å². The standard InChI is InChI=1S/C16H24N2O3/c1-2-3-4-5-12-17-16(21)18-14-9-6-13(7-10-14)8-11-15(19)20/h6-7,9-10H,2-5,8,11-12H2,1H3,(H,19,20)(H2,17,18,21). The summed E-state index contributed by atoms with van der Waals surface area (Å²) in [6, 6.07) is 7.03. The van der Waals surface area contributed by atoms with Crippen molar-refractivity contribution in [2.45, 2.75) is 45.4 Å². The number of nitrogens with one attached hydrogen (secondary N) is 2. The van der Waals surface area contributed by atoms with E-state index in [0.717, 1.165) is 18.4 Å². The van der Waals surface area contributed by atoms with Crippen LogP contribution >= 0.6 is 0 Å². The van der Waals surface area contributed by atoms with Gasteiger partial charge in [-0.1, -0.05) is 38.3 Å². The molecule has 0 spiro atoms. The van der Waals surface area contributed by atoms with Crippen LogP contribution in [0.1, 0.15) is 44.6 Å². The molecule has 116 valence electrons. The maximum atomic E-state index is 11.6. The highest BCUT2D eigenvalue weighted by atomic mass is 16.4. The summed E-state index contributed by atoms with van der Waals surface area (Å²) in [7, 11) is 0. The van der Waals surface area contributed by atoms with Gasteiger partial charge in [0.05, 0.1) is 0 Å². The molecule has 0 aliphatic rings. The molecule has 0 aromatic heterocycles. The first-order valence-electron chi connectivity index (χ1n) is 7.47. The lowest BCUT2D eigenvalue weighted by atomic mass is 10.1. The number of amides is 2. The van der Waals surface area contributed by atoms with Crippen LogP contribution in [0.4, 0.5) is 10.5 Å². The fourth-order valence-corrected chi connectivity index (χ4v) is 1.94. The SMILES string of the molecule is CCCCCCNC(=O)Nc1ccc(CCC(=O)O)cc1. The highest BCUT2D eigenvalue weighted by Gasteiger charge is 2.02. The summed E-state index contributed by atoms with van der Waals surface area (Å²) in [5.74, 6) is -0.806. The second-order valence-electron chi connectivity index (χ2n) is 5.03. The van der Waals surface area contributed by atoms with Crippen molar-refractivity contribution in [3.8, 4) is 0 Å². The largest absolute Gasteiger partial charge is 0.481 e. The van der Waals surface area contributed by atoms with Gasteiger partial charge in [-0.05, 0) is 30.5 Å². The molecule has 0 aliphatic carbocycles. The lowest BCUT2D eigenvalue weighted by Crippen LogP contribution is -2.29. The molecule has 2 amide bonds. The van der Waals surface area contributed by atoms with Gasteiger partial charge in [0.15, 0.2) is 0 Å². The Hall–Kier alpha value is -2.04. The van der Waals surface area contributed by atoms with Crippen LogP contribution in [0.25, 0.3) is 0 Å². The van der Waals surface area contributed by atoms with Crippen LogP contribution in [-0.4, -0.2) is 23.7 Å². The predicted octanol–water partition coefficient (Wildman–Crippen LogP) is 3.41. The van der Waals surface area contributed by atoms with Crippen molar-refractivity contribution in [3.05, 3.63) is 29.8 Å². The Balaban J connectivity index is 2.27. The number of aryl methyl sites for hydroxylation is 1. The molecule has 0 atom stereocenters. The number of unbranched alkanes of at least 4 members (excludes halogenated alkanes) is 3. The monoisotopic (exact) mass is 292 g/mol. The van der Waals surface area contributed by atoms with Crippen LogP contribution in [0, 0.1) is 0 Å². The maximum Gasteiger partial charge on any atom is 0.319 e. The minimum absolute atomic E-state index is 0.116. The third kappa shape index (κ3) is 7.97. The number of aliphatic carboxylic acids is 1. The van der Waals surface area contributed by atoms with Crippen molar-refractivity contribution in [3.63, 3.8) is 0 Å². The number of urea groups is 1. The Morgan fingerprint density at radius 3 is 2.43 bits per heavy atom. The number of hydrogen-bond donors (Lipinski definition) is 3. The van der Waals surface area contributed by atoms with Crippen LogP contribution < -0.4 is 10.6 Å². The Bertz CT molecular complexity index is 443. The fraction of sp³-hybridized carbons (Fsp3) is 0.500. The summed E-state index contributed by atoms with van der Waals surface area (Å²) in [6.07, 6.45) is 5.12. The molecule has 1 aromatic carbocycles. The highest BCUT2D eigenvalue weighted by molar-refractivity contribution is 5.89. The zero-order chi connectivity index (χ0) is 15.5. The first-order valence-corrected chi connectivity index (χ1v) is 7.47. The summed E-state index contributed by atoms with van der Waals surface area (Å²) in [6.45, 7) is 2.84. The van der Waals surface area contributed by atoms with Crippen molar-refractivity contribution >= 4 is 17.7 Å². The summed E-state index contributed by atoms with van der Waals surface area (Å²) in [4.78, 5) is 22.1. The average Bonchev–Trinajstić information content (AvgIpc) is 2.46. The zero-order valence-corrected chi connectivity index (χ0v) is 12.5. The van der Waals surface area contributed by atoms with E-state index in [-0.39, 0.29) is 12.5 Å². The number of carbonyl (C=O) groups excluding carboxylic acids is 1. The molecular weight excluding hydrogens is 268 g/mol.